The quantitative estimate of drug-likeness (QED) is 0.428. The first kappa shape index (κ1) is 8.74. The summed E-state index contributed by atoms with van der Waals surface area (Å²) in [6, 6.07) is 0. The molecule has 2 aliphatic heterocycles. The summed E-state index contributed by atoms with van der Waals surface area (Å²) in [6.07, 6.45) is 0. The molecule has 2 saturated heterocycles. The summed E-state index contributed by atoms with van der Waals surface area (Å²) >= 11 is 0. The predicted molar refractivity (Wildman–Crippen MR) is 36.6 cm³/mol. The van der Waals surface area contributed by atoms with Gasteiger partial charge in [0.2, 0.25) is 0 Å². The second kappa shape index (κ2) is 2.60. The van der Waals surface area contributed by atoms with E-state index in [-0.39, 0.29) is 24.0 Å². The van der Waals surface area contributed by atoms with Gasteiger partial charge in [0, 0.05) is 13.1 Å². The second-order valence-corrected chi connectivity index (χ2v) is 3.98. The molecule has 2 fully saturated rings. The monoisotopic (exact) mass is 254 g/mol. The second-order valence-electron chi connectivity index (χ2n) is 3.98. The highest BCUT2D eigenvalue weighted by Crippen LogP contribution is 2.29. The summed E-state index contributed by atoms with van der Waals surface area (Å²) in [5, 5.41) is 0. The van der Waals surface area contributed by atoms with E-state index in [0.717, 1.165) is 5.41 Å². The van der Waals surface area contributed by atoms with Gasteiger partial charge >= 0.3 is 0 Å². The van der Waals surface area contributed by atoms with Gasteiger partial charge in [-0.15, -0.1) is 0 Å². The Hall–Kier alpha value is 0.650. The molecule has 1 N–H and O–H groups in total. The first-order valence-corrected chi connectivity index (χ1v) is 3.70. The molecule has 0 aromatic rings. The minimum absolute atomic E-state index is 0. The Balaban J connectivity index is 0.000000500. The van der Waals surface area contributed by atoms with E-state index in [1.807, 2.05) is 0 Å². The number of nitrogens with one attached hydrogen (secondary N) is 1. The highest BCUT2D eigenvalue weighted by Gasteiger charge is 2.53. The van der Waals surface area contributed by atoms with E-state index >= 15 is 0 Å². The van der Waals surface area contributed by atoms with Crippen molar-refractivity contribution in [1.29, 1.82) is 0 Å². The van der Waals surface area contributed by atoms with Crippen LogP contribution in [0.5, 0.6) is 0 Å². The summed E-state index contributed by atoms with van der Waals surface area (Å²) in [6.45, 7) is 5.53. The van der Waals surface area contributed by atoms with Crippen molar-refractivity contribution in [3.63, 3.8) is 0 Å². The van der Waals surface area contributed by atoms with Crippen LogP contribution in [0.3, 0.4) is 0 Å². The van der Waals surface area contributed by atoms with Gasteiger partial charge in [-0.3, -0.25) is 0 Å². The summed E-state index contributed by atoms with van der Waals surface area (Å²) in [5.41, 5.74) is 0.777. The third kappa shape index (κ3) is 1.19. The summed E-state index contributed by atoms with van der Waals surface area (Å²) in [7, 11) is 4.49. The smallest absolute Gasteiger partial charge is 0.0934 e. The lowest BCUT2D eigenvalue weighted by Crippen LogP contribution is -3.21. The molecule has 2 heterocycles. The van der Waals surface area contributed by atoms with Crippen LogP contribution in [0.2, 0.25) is 0 Å². The molecular formula is C7H15IN2. The Labute approximate surface area is 79.6 Å². The largest absolute Gasteiger partial charge is 1.00 e. The molecule has 1 spiro atoms. The lowest BCUT2D eigenvalue weighted by molar-refractivity contribution is -0.946. The Bertz CT molecular complexity index is 106. The molecule has 0 amide bonds. The number of hydrogen-bond acceptors (Lipinski definition) is 1. The standard InChI is InChI=1S/C7H14N2.HI/c1-8-3-7(4-8)5-9(2)6-7;/h3-6H2,1-2H3;1H. The minimum atomic E-state index is 0. The van der Waals surface area contributed by atoms with Crippen molar-refractivity contribution in [3.8, 4) is 0 Å². The van der Waals surface area contributed by atoms with E-state index in [0.29, 0.717) is 0 Å². The van der Waals surface area contributed by atoms with E-state index in [2.05, 4.69) is 19.0 Å². The molecule has 10 heavy (non-hydrogen) atoms. The molecule has 0 saturated carbocycles. The minimum Gasteiger partial charge on any atom is -1.00 e. The average Bonchev–Trinajstić information content (AvgIpc) is 1.58. The highest BCUT2D eigenvalue weighted by atomic mass is 127. The molecule has 2 nitrogen and oxygen atoms in total. The number of hydrogen-bond donors (Lipinski definition) is 1. The van der Waals surface area contributed by atoms with Crippen molar-refractivity contribution in [1.82, 2.24) is 4.90 Å². The zero-order valence-corrected chi connectivity index (χ0v) is 8.81. The zero-order chi connectivity index (χ0) is 6.48. The molecule has 2 rings (SSSR count). The van der Waals surface area contributed by atoms with Crippen LogP contribution in [0.4, 0.5) is 0 Å². The topological polar surface area (TPSA) is 7.68 Å². The third-order valence-corrected chi connectivity index (χ3v) is 2.56. The van der Waals surface area contributed by atoms with Crippen molar-refractivity contribution in [2.45, 2.75) is 0 Å². The van der Waals surface area contributed by atoms with Crippen LogP contribution in [0.15, 0.2) is 0 Å². The van der Waals surface area contributed by atoms with Gasteiger partial charge < -0.3 is 33.8 Å². The van der Waals surface area contributed by atoms with Crippen LogP contribution in [0.1, 0.15) is 0 Å². The molecule has 2 aliphatic rings. The number of halogens is 1. The molecule has 60 valence electrons. The molecule has 3 heteroatoms. The molecule has 0 radical (unpaired) electrons. The van der Waals surface area contributed by atoms with Gasteiger partial charge in [0.15, 0.2) is 0 Å². The van der Waals surface area contributed by atoms with Gasteiger partial charge in [-0.05, 0) is 7.05 Å². The van der Waals surface area contributed by atoms with Crippen LogP contribution in [-0.4, -0.2) is 45.2 Å². The number of quaternary nitrogens is 1. The summed E-state index contributed by atoms with van der Waals surface area (Å²) in [5.74, 6) is 0. The van der Waals surface area contributed by atoms with Crippen LogP contribution in [0.25, 0.3) is 0 Å². The van der Waals surface area contributed by atoms with Crippen molar-refractivity contribution >= 4 is 0 Å². The van der Waals surface area contributed by atoms with Gasteiger partial charge in [-0.1, -0.05) is 0 Å². The Morgan fingerprint density at radius 3 is 2.10 bits per heavy atom. The number of nitrogens with zero attached hydrogens (tertiary/aromatic N) is 1. The Morgan fingerprint density at radius 2 is 1.80 bits per heavy atom. The maximum absolute atomic E-state index is 2.41. The zero-order valence-electron chi connectivity index (χ0n) is 6.65. The fourth-order valence-corrected chi connectivity index (χ4v) is 2.55. The highest BCUT2D eigenvalue weighted by molar-refractivity contribution is 4.96. The summed E-state index contributed by atoms with van der Waals surface area (Å²) < 4.78 is 0. The number of likely N-dealkylation sites (tertiary alicyclic amines) is 2. The van der Waals surface area contributed by atoms with Crippen LogP contribution >= 0.6 is 0 Å². The normalized spacial score (nSPS) is 30.6. The fourth-order valence-electron chi connectivity index (χ4n) is 2.55. The Morgan fingerprint density at radius 1 is 1.30 bits per heavy atom. The van der Waals surface area contributed by atoms with Crippen LogP contribution in [-0.2, 0) is 0 Å². The maximum atomic E-state index is 2.41. The van der Waals surface area contributed by atoms with E-state index in [4.69, 9.17) is 0 Å². The maximum Gasteiger partial charge on any atom is 0.0934 e. The predicted octanol–water partition coefficient (Wildman–Crippen LogP) is -4.55. The van der Waals surface area contributed by atoms with Gasteiger partial charge in [-0.25, -0.2) is 0 Å². The van der Waals surface area contributed by atoms with Crippen molar-refractivity contribution in [2.24, 2.45) is 5.41 Å². The SMILES string of the molecule is CN1CC2(C1)C[NH+](C)C2.[I-]. The van der Waals surface area contributed by atoms with Crippen molar-refractivity contribution in [3.05, 3.63) is 0 Å². The molecule has 0 aliphatic carbocycles. The van der Waals surface area contributed by atoms with Crippen LogP contribution < -0.4 is 28.9 Å². The van der Waals surface area contributed by atoms with Gasteiger partial charge in [0.25, 0.3) is 0 Å². The molecule has 0 atom stereocenters. The van der Waals surface area contributed by atoms with Gasteiger partial charge in [0.05, 0.1) is 25.6 Å². The number of rotatable bonds is 0. The van der Waals surface area contributed by atoms with Crippen LogP contribution in [0, 0.1) is 5.41 Å². The third-order valence-electron chi connectivity index (χ3n) is 2.56. The molecule has 0 aromatic heterocycles. The lowest BCUT2D eigenvalue weighted by Gasteiger charge is -2.55. The van der Waals surface area contributed by atoms with Crippen molar-refractivity contribution < 1.29 is 28.9 Å². The first-order chi connectivity index (χ1) is 4.20. The van der Waals surface area contributed by atoms with E-state index < -0.39 is 0 Å². The van der Waals surface area contributed by atoms with Gasteiger partial charge in [-0.2, -0.15) is 0 Å². The summed E-state index contributed by atoms with van der Waals surface area (Å²) in [4.78, 5) is 4.12. The molecule has 0 aromatic carbocycles. The fraction of sp³-hybridized carbons (Fsp3) is 1.00. The first-order valence-electron chi connectivity index (χ1n) is 3.70. The van der Waals surface area contributed by atoms with Gasteiger partial charge in [0.1, 0.15) is 0 Å². The van der Waals surface area contributed by atoms with E-state index in [1.54, 1.807) is 4.90 Å². The van der Waals surface area contributed by atoms with E-state index in [1.165, 1.54) is 26.2 Å². The molecule has 0 unspecified atom stereocenters. The Kier molecular flexibility index (Phi) is 2.28. The molecule has 0 bridgehead atoms. The van der Waals surface area contributed by atoms with E-state index in [9.17, 15) is 0 Å². The molecular weight excluding hydrogens is 239 g/mol. The van der Waals surface area contributed by atoms with Crippen molar-refractivity contribution in [2.75, 3.05) is 40.3 Å². The average molecular weight is 254 g/mol. The lowest BCUT2D eigenvalue weighted by atomic mass is 9.74.